The van der Waals surface area contributed by atoms with Crippen LogP contribution >= 0.6 is 0 Å². The van der Waals surface area contributed by atoms with E-state index in [1.54, 1.807) is 0 Å². The van der Waals surface area contributed by atoms with Crippen molar-refractivity contribution in [3.05, 3.63) is 168 Å². The van der Waals surface area contributed by atoms with Crippen molar-refractivity contribution in [2.24, 2.45) is 0 Å². The van der Waals surface area contributed by atoms with Crippen molar-refractivity contribution in [3.8, 4) is 44.5 Å². The molecule has 0 N–H and O–H groups in total. The molecule has 2 aliphatic carbocycles. The summed E-state index contributed by atoms with van der Waals surface area (Å²) < 4.78 is 0. The van der Waals surface area contributed by atoms with Gasteiger partial charge in [0.2, 0.25) is 0 Å². The van der Waals surface area contributed by atoms with Gasteiger partial charge in [-0.1, -0.05) is 149 Å². The highest BCUT2D eigenvalue weighted by Crippen LogP contribution is 2.52. The molecule has 228 valence electrons. The Kier molecular flexibility index (Phi) is 5.50. The summed E-state index contributed by atoms with van der Waals surface area (Å²) in [5.74, 6) is 0. The van der Waals surface area contributed by atoms with Gasteiger partial charge in [-0.05, 0) is 123 Å². The van der Waals surface area contributed by atoms with Crippen molar-refractivity contribution in [3.63, 3.8) is 0 Å². The van der Waals surface area contributed by atoms with Crippen LogP contribution in [0.5, 0.6) is 0 Å². The molecule has 0 saturated heterocycles. The molecule has 0 fully saturated rings. The predicted molar refractivity (Wildman–Crippen MR) is 205 cm³/mol. The first-order valence-electron chi connectivity index (χ1n) is 17.2. The van der Waals surface area contributed by atoms with Crippen LogP contribution in [0.25, 0.3) is 76.8 Å². The molecule has 2 aliphatic rings. The Morgan fingerprint density at radius 1 is 0.292 bits per heavy atom. The first-order valence-corrected chi connectivity index (χ1v) is 17.2. The fourth-order valence-corrected chi connectivity index (χ4v) is 8.99. The van der Waals surface area contributed by atoms with E-state index >= 15 is 0 Å². The maximum absolute atomic E-state index is 2.46. The third kappa shape index (κ3) is 3.72. The van der Waals surface area contributed by atoms with Gasteiger partial charge in [-0.15, -0.1) is 0 Å². The summed E-state index contributed by atoms with van der Waals surface area (Å²) in [5.41, 5.74) is 16.1. The third-order valence-electron chi connectivity index (χ3n) is 11.7. The summed E-state index contributed by atoms with van der Waals surface area (Å²) in [6, 6.07) is 55.1. The molecule has 0 nitrogen and oxygen atoms in total. The summed E-state index contributed by atoms with van der Waals surface area (Å²) in [4.78, 5) is 0. The van der Waals surface area contributed by atoms with Gasteiger partial charge in [0.15, 0.2) is 0 Å². The molecule has 0 amide bonds. The quantitative estimate of drug-likeness (QED) is 0.170. The van der Waals surface area contributed by atoms with Gasteiger partial charge < -0.3 is 0 Å². The van der Waals surface area contributed by atoms with Gasteiger partial charge in [0, 0.05) is 10.8 Å². The maximum Gasteiger partial charge on any atom is 0.0159 e. The van der Waals surface area contributed by atoms with Gasteiger partial charge in [0.1, 0.15) is 0 Å². The Labute approximate surface area is 282 Å². The lowest BCUT2D eigenvalue weighted by Gasteiger charge is -2.23. The molecule has 0 bridgehead atoms. The molecule has 8 aromatic rings. The van der Waals surface area contributed by atoms with Crippen molar-refractivity contribution >= 4 is 32.3 Å². The molecule has 0 aliphatic heterocycles. The lowest BCUT2D eigenvalue weighted by Crippen LogP contribution is -2.15. The first-order chi connectivity index (χ1) is 23.3. The standard InChI is InChI=1S/C48H36/c1-47(2)43-12-8-7-11-38(43)39-22-17-33(27-45(39)47)34-18-23-40-42-26-32(19-24-44(42)48(3,4)46(40)28-34)31-14-13-30-16-20-36-35-10-6-5-9-29(35)15-21-37(36)41(30)25-31/h5-28H,1-4H3. The van der Waals surface area contributed by atoms with Gasteiger partial charge in [0.25, 0.3) is 0 Å². The second-order valence-electron chi connectivity index (χ2n) is 15.0. The number of benzene rings is 8. The number of fused-ring (bicyclic) bond motifs is 11. The van der Waals surface area contributed by atoms with Crippen LogP contribution in [0.1, 0.15) is 49.9 Å². The van der Waals surface area contributed by atoms with E-state index in [-0.39, 0.29) is 10.8 Å². The third-order valence-corrected chi connectivity index (χ3v) is 11.7. The normalized spacial score (nSPS) is 15.0. The highest BCUT2D eigenvalue weighted by molar-refractivity contribution is 6.17. The minimum Gasteiger partial charge on any atom is -0.0619 e. The van der Waals surface area contributed by atoms with E-state index in [1.807, 2.05) is 0 Å². The maximum atomic E-state index is 2.46. The van der Waals surface area contributed by atoms with Crippen LogP contribution in [0.4, 0.5) is 0 Å². The minimum absolute atomic E-state index is 0.00654. The summed E-state index contributed by atoms with van der Waals surface area (Å²) >= 11 is 0. The van der Waals surface area contributed by atoms with Crippen molar-refractivity contribution in [2.45, 2.75) is 38.5 Å². The van der Waals surface area contributed by atoms with Crippen molar-refractivity contribution in [1.82, 2.24) is 0 Å². The fourth-order valence-electron chi connectivity index (χ4n) is 8.99. The Balaban J connectivity index is 1.07. The van der Waals surface area contributed by atoms with Crippen LogP contribution in [0.3, 0.4) is 0 Å². The molecule has 0 unspecified atom stereocenters. The largest absolute Gasteiger partial charge is 0.0619 e. The summed E-state index contributed by atoms with van der Waals surface area (Å²) in [6.45, 7) is 9.50. The minimum atomic E-state index is -0.0773. The molecule has 0 radical (unpaired) electrons. The molecule has 0 aromatic heterocycles. The second-order valence-corrected chi connectivity index (χ2v) is 15.0. The lowest BCUT2D eigenvalue weighted by molar-refractivity contribution is 0.659. The molecule has 0 heteroatoms. The molecule has 0 atom stereocenters. The molecule has 8 aromatic carbocycles. The Morgan fingerprint density at radius 2 is 0.771 bits per heavy atom. The van der Waals surface area contributed by atoms with Crippen LogP contribution in [0.15, 0.2) is 146 Å². The molecular formula is C48H36. The molecule has 0 heterocycles. The second kappa shape index (κ2) is 9.55. The Bertz CT molecular complexity index is 2660. The van der Waals surface area contributed by atoms with Crippen LogP contribution < -0.4 is 0 Å². The molecule has 0 spiro atoms. The average molecular weight is 613 g/mol. The number of hydrogen-bond acceptors (Lipinski definition) is 0. The van der Waals surface area contributed by atoms with Crippen LogP contribution in [0, 0.1) is 0 Å². The van der Waals surface area contributed by atoms with Gasteiger partial charge in [-0.3, -0.25) is 0 Å². The Hall–Kier alpha value is -5.46. The van der Waals surface area contributed by atoms with Gasteiger partial charge in [-0.25, -0.2) is 0 Å². The predicted octanol–water partition coefficient (Wildman–Crippen LogP) is 13.1. The van der Waals surface area contributed by atoms with E-state index in [0.29, 0.717) is 0 Å². The lowest BCUT2D eigenvalue weighted by atomic mass is 9.80. The van der Waals surface area contributed by atoms with Crippen LogP contribution in [0.2, 0.25) is 0 Å². The fraction of sp³-hybridized carbons (Fsp3) is 0.125. The monoisotopic (exact) mass is 612 g/mol. The van der Waals surface area contributed by atoms with Crippen LogP contribution in [-0.4, -0.2) is 0 Å². The highest BCUT2D eigenvalue weighted by atomic mass is 14.4. The highest BCUT2D eigenvalue weighted by Gasteiger charge is 2.37. The van der Waals surface area contributed by atoms with Gasteiger partial charge in [-0.2, -0.15) is 0 Å². The van der Waals surface area contributed by atoms with E-state index in [4.69, 9.17) is 0 Å². The van der Waals surface area contributed by atoms with Crippen molar-refractivity contribution in [2.75, 3.05) is 0 Å². The van der Waals surface area contributed by atoms with E-state index in [2.05, 4.69) is 173 Å². The Morgan fingerprint density at radius 3 is 1.52 bits per heavy atom. The zero-order chi connectivity index (χ0) is 32.4. The van der Waals surface area contributed by atoms with E-state index in [0.717, 1.165) is 0 Å². The topological polar surface area (TPSA) is 0 Å². The molecule has 48 heavy (non-hydrogen) atoms. The molecule has 0 saturated carbocycles. The van der Waals surface area contributed by atoms with Gasteiger partial charge >= 0.3 is 0 Å². The summed E-state index contributed by atoms with van der Waals surface area (Å²) in [5, 5.41) is 7.81. The van der Waals surface area contributed by atoms with E-state index < -0.39 is 0 Å². The first kappa shape index (κ1) is 27.6. The zero-order valence-electron chi connectivity index (χ0n) is 27.9. The molecule has 10 rings (SSSR count). The van der Waals surface area contributed by atoms with Crippen molar-refractivity contribution in [1.29, 1.82) is 0 Å². The average Bonchev–Trinajstić information content (AvgIpc) is 3.49. The summed E-state index contributed by atoms with van der Waals surface area (Å²) in [7, 11) is 0. The van der Waals surface area contributed by atoms with Crippen LogP contribution in [-0.2, 0) is 10.8 Å². The smallest absolute Gasteiger partial charge is 0.0159 e. The number of hydrogen-bond donors (Lipinski definition) is 0. The SMILES string of the molecule is CC1(C)c2ccccc2-c2ccc(-c3ccc4c(c3)C(C)(C)c3ccc(-c5ccc6ccc7c8ccccc8ccc7c6c5)cc3-4)cc21. The van der Waals surface area contributed by atoms with E-state index in [1.165, 1.54) is 99.1 Å². The van der Waals surface area contributed by atoms with Gasteiger partial charge in [0.05, 0.1) is 0 Å². The molecular weight excluding hydrogens is 577 g/mol. The van der Waals surface area contributed by atoms with E-state index in [9.17, 15) is 0 Å². The summed E-state index contributed by atoms with van der Waals surface area (Å²) in [6.07, 6.45) is 0. The van der Waals surface area contributed by atoms with Crippen molar-refractivity contribution < 1.29 is 0 Å². The zero-order valence-corrected chi connectivity index (χ0v) is 27.9. The number of rotatable bonds is 2.